The summed E-state index contributed by atoms with van der Waals surface area (Å²) in [6, 6.07) is 0.586. The van der Waals surface area contributed by atoms with Crippen LogP contribution in [0.25, 0.3) is 0 Å². The number of carbonyl (C=O) groups is 1. The molecule has 0 spiro atoms. The Morgan fingerprint density at radius 3 is 2.94 bits per heavy atom. The third kappa shape index (κ3) is 3.44. The lowest BCUT2D eigenvalue weighted by Gasteiger charge is -2.24. The summed E-state index contributed by atoms with van der Waals surface area (Å²) in [4.78, 5) is 14.1. The summed E-state index contributed by atoms with van der Waals surface area (Å²) >= 11 is 0. The molecule has 3 nitrogen and oxygen atoms in total. The Morgan fingerprint density at radius 2 is 2.18 bits per heavy atom. The molecule has 2 fully saturated rings. The summed E-state index contributed by atoms with van der Waals surface area (Å²) in [5.74, 6) is 1.11. The first-order valence-electron chi connectivity index (χ1n) is 7.32. The first kappa shape index (κ1) is 12.9. The lowest BCUT2D eigenvalue weighted by atomic mass is 9.94. The number of amides is 1. The van der Waals surface area contributed by atoms with E-state index >= 15 is 0 Å². The van der Waals surface area contributed by atoms with Gasteiger partial charge in [0.2, 0.25) is 5.91 Å². The Morgan fingerprint density at radius 1 is 1.29 bits per heavy atom. The topological polar surface area (TPSA) is 32.3 Å². The van der Waals surface area contributed by atoms with Crippen molar-refractivity contribution in [3.63, 3.8) is 0 Å². The van der Waals surface area contributed by atoms with Gasteiger partial charge in [0.1, 0.15) is 0 Å². The van der Waals surface area contributed by atoms with Crippen LogP contribution in [0.5, 0.6) is 0 Å². The molecule has 0 aromatic carbocycles. The summed E-state index contributed by atoms with van der Waals surface area (Å²) in [6.45, 7) is 5.31. The highest BCUT2D eigenvalue weighted by atomic mass is 16.2. The molecule has 0 aliphatic carbocycles. The number of fused-ring (bicyclic) bond motifs is 1. The van der Waals surface area contributed by atoms with Crippen molar-refractivity contribution in [1.29, 1.82) is 0 Å². The summed E-state index contributed by atoms with van der Waals surface area (Å²) in [5.41, 5.74) is 0. The number of likely N-dealkylation sites (tertiary alicyclic amines) is 1. The maximum Gasteiger partial charge on any atom is 0.222 e. The van der Waals surface area contributed by atoms with E-state index in [1.54, 1.807) is 0 Å². The highest BCUT2D eigenvalue weighted by Crippen LogP contribution is 2.25. The molecule has 0 saturated carbocycles. The summed E-state index contributed by atoms with van der Waals surface area (Å²) in [5, 5.41) is 3.55. The largest absolute Gasteiger partial charge is 0.341 e. The molecule has 2 heterocycles. The Hall–Kier alpha value is -0.570. The molecule has 0 unspecified atom stereocenters. The Bertz CT molecular complexity index is 241. The number of piperidine rings is 1. The molecule has 0 bridgehead atoms. The molecular weight excluding hydrogens is 212 g/mol. The van der Waals surface area contributed by atoms with E-state index in [4.69, 9.17) is 0 Å². The number of rotatable bonds is 5. The summed E-state index contributed by atoms with van der Waals surface area (Å²) < 4.78 is 0. The van der Waals surface area contributed by atoms with Crippen LogP contribution in [0.15, 0.2) is 0 Å². The number of hydrogen-bond acceptors (Lipinski definition) is 2. The van der Waals surface area contributed by atoms with Crippen molar-refractivity contribution in [2.75, 3.05) is 19.6 Å². The smallest absolute Gasteiger partial charge is 0.222 e. The minimum absolute atomic E-state index is 0.386. The van der Waals surface area contributed by atoms with Gasteiger partial charge in [-0.3, -0.25) is 4.79 Å². The van der Waals surface area contributed by atoms with Gasteiger partial charge in [-0.25, -0.2) is 0 Å². The molecular formula is C14H26N2O. The van der Waals surface area contributed by atoms with Gasteiger partial charge in [-0.15, -0.1) is 0 Å². The zero-order valence-electron chi connectivity index (χ0n) is 11.1. The van der Waals surface area contributed by atoms with Gasteiger partial charge >= 0.3 is 0 Å². The molecule has 0 aromatic rings. The van der Waals surface area contributed by atoms with Gasteiger partial charge in [0, 0.05) is 25.6 Å². The number of hydrogen-bond donors (Lipinski definition) is 1. The van der Waals surface area contributed by atoms with E-state index in [0.29, 0.717) is 11.9 Å². The van der Waals surface area contributed by atoms with Crippen LogP contribution in [0.3, 0.4) is 0 Å². The zero-order valence-corrected chi connectivity index (χ0v) is 11.1. The number of carbonyl (C=O) groups excluding carboxylic acids is 1. The van der Waals surface area contributed by atoms with Crippen molar-refractivity contribution in [2.45, 2.75) is 57.9 Å². The van der Waals surface area contributed by atoms with Crippen molar-refractivity contribution in [2.24, 2.45) is 5.92 Å². The fraction of sp³-hybridized carbons (Fsp3) is 0.929. The van der Waals surface area contributed by atoms with E-state index in [9.17, 15) is 4.79 Å². The molecule has 2 saturated heterocycles. The normalized spacial score (nSPS) is 28.2. The fourth-order valence-electron chi connectivity index (χ4n) is 3.11. The molecule has 0 radical (unpaired) electrons. The molecule has 2 rings (SSSR count). The first-order valence-corrected chi connectivity index (χ1v) is 7.32. The molecule has 2 atom stereocenters. The van der Waals surface area contributed by atoms with Crippen molar-refractivity contribution < 1.29 is 4.79 Å². The molecule has 1 amide bonds. The van der Waals surface area contributed by atoms with Gasteiger partial charge < -0.3 is 10.2 Å². The monoisotopic (exact) mass is 238 g/mol. The van der Waals surface area contributed by atoms with E-state index in [-0.39, 0.29) is 0 Å². The lowest BCUT2D eigenvalue weighted by molar-refractivity contribution is -0.130. The van der Waals surface area contributed by atoms with Crippen LogP contribution in [0.1, 0.15) is 51.9 Å². The van der Waals surface area contributed by atoms with Crippen LogP contribution < -0.4 is 5.32 Å². The van der Waals surface area contributed by atoms with Crippen LogP contribution >= 0.6 is 0 Å². The standard InChI is InChI=1S/C14H26N2O/c1-2-3-4-5-8-14(17)16-10-12-7-6-9-15-13(12)11-16/h12-13,15H,2-11H2,1H3/t12-,13+/m0/s1. The SMILES string of the molecule is CCCCCCC(=O)N1C[C@@H]2CCCN[C@@H]2C1. The van der Waals surface area contributed by atoms with E-state index in [2.05, 4.69) is 17.1 Å². The molecule has 0 aromatic heterocycles. The summed E-state index contributed by atoms with van der Waals surface area (Å²) in [7, 11) is 0. The highest BCUT2D eigenvalue weighted by molar-refractivity contribution is 5.76. The predicted octanol–water partition coefficient (Wildman–Crippen LogP) is 2.17. The highest BCUT2D eigenvalue weighted by Gasteiger charge is 2.35. The van der Waals surface area contributed by atoms with E-state index in [1.165, 1.54) is 32.1 Å². The average molecular weight is 238 g/mol. The second-order valence-corrected chi connectivity index (χ2v) is 5.57. The van der Waals surface area contributed by atoms with Crippen LogP contribution in [0.4, 0.5) is 0 Å². The lowest BCUT2D eigenvalue weighted by Crippen LogP contribution is -2.41. The van der Waals surface area contributed by atoms with Crippen LogP contribution in [0.2, 0.25) is 0 Å². The molecule has 1 N–H and O–H groups in total. The van der Waals surface area contributed by atoms with Crippen LogP contribution in [0, 0.1) is 5.92 Å². The molecule has 17 heavy (non-hydrogen) atoms. The third-order valence-corrected chi connectivity index (χ3v) is 4.20. The van der Waals surface area contributed by atoms with Crippen molar-refractivity contribution in [3.8, 4) is 0 Å². The average Bonchev–Trinajstić information content (AvgIpc) is 2.78. The maximum atomic E-state index is 12.0. The van der Waals surface area contributed by atoms with Crippen LogP contribution in [-0.4, -0.2) is 36.5 Å². The number of nitrogens with zero attached hydrogens (tertiary/aromatic N) is 1. The first-order chi connectivity index (χ1) is 8.31. The van der Waals surface area contributed by atoms with Crippen molar-refractivity contribution >= 4 is 5.91 Å². The number of unbranched alkanes of at least 4 members (excludes halogenated alkanes) is 3. The van der Waals surface area contributed by atoms with Gasteiger partial charge in [-0.2, -0.15) is 0 Å². The molecule has 98 valence electrons. The minimum atomic E-state index is 0.386. The number of nitrogens with one attached hydrogen (secondary N) is 1. The second-order valence-electron chi connectivity index (χ2n) is 5.57. The Labute approximate surface area is 105 Å². The molecule has 3 heteroatoms. The Kier molecular flexibility index (Phi) is 4.84. The quantitative estimate of drug-likeness (QED) is 0.745. The third-order valence-electron chi connectivity index (χ3n) is 4.20. The van der Waals surface area contributed by atoms with Gasteiger partial charge in [0.15, 0.2) is 0 Å². The maximum absolute atomic E-state index is 12.0. The van der Waals surface area contributed by atoms with Gasteiger partial charge in [-0.1, -0.05) is 26.2 Å². The van der Waals surface area contributed by atoms with E-state index in [0.717, 1.165) is 38.4 Å². The van der Waals surface area contributed by atoms with Crippen molar-refractivity contribution in [3.05, 3.63) is 0 Å². The van der Waals surface area contributed by atoms with E-state index in [1.807, 2.05) is 0 Å². The predicted molar refractivity (Wildman–Crippen MR) is 69.9 cm³/mol. The second kappa shape index (κ2) is 6.39. The minimum Gasteiger partial charge on any atom is -0.341 e. The van der Waals surface area contributed by atoms with Gasteiger partial charge in [-0.05, 0) is 31.7 Å². The summed E-state index contributed by atoms with van der Waals surface area (Å²) in [6.07, 6.45) is 8.13. The van der Waals surface area contributed by atoms with Crippen LogP contribution in [-0.2, 0) is 4.79 Å². The fourth-order valence-corrected chi connectivity index (χ4v) is 3.11. The van der Waals surface area contributed by atoms with E-state index < -0.39 is 0 Å². The molecule has 2 aliphatic rings. The molecule has 2 aliphatic heterocycles. The zero-order chi connectivity index (χ0) is 12.1. The van der Waals surface area contributed by atoms with Gasteiger partial charge in [0.25, 0.3) is 0 Å². The Balaban J connectivity index is 1.70. The van der Waals surface area contributed by atoms with Crippen molar-refractivity contribution in [1.82, 2.24) is 10.2 Å². The van der Waals surface area contributed by atoms with Gasteiger partial charge in [0.05, 0.1) is 0 Å².